The highest BCUT2D eigenvalue weighted by atomic mass is 16.5. The number of aromatic hydroxyl groups is 1. The number of hydrogen-bond donors (Lipinski definition) is 3. The Labute approximate surface area is 218 Å². The molecule has 4 rings (SSSR count). The molecule has 0 fully saturated rings. The second kappa shape index (κ2) is 10.9. The van der Waals surface area contributed by atoms with E-state index in [-0.39, 0.29) is 36.8 Å². The fourth-order valence-electron chi connectivity index (χ4n) is 5.36. The number of carbonyl (C=O) groups excluding carboxylic acids is 3. The molecule has 0 bridgehead atoms. The summed E-state index contributed by atoms with van der Waals surface area (Å²) in [6.45, 7) is 5.62. The number of nitrogens with one attached hydrogen (secondary N) is 2. The second-order valence-corrected chi connectivity index (χ2v) is 11.1. The quantitative estimate of drug-likeness (QED) is 0.557. The number of benzene rings is 2. The van der Waals surface area contributed by atoms with E-state index in [0.717, 1.165) is 36.0 Å². The molecule has 3 N–H and O–H groups in total. The maximum absolute atomic E-state index is 14.0. The largest absolute Gasteiger partial charge is 0.508 e. The molecule has 3 atom stereocenters. The van der Waals surface area contributed by atoms with Gasteiger partial charge >= 0.3 is 0 Å². The van der Waals surface area contributed by atoms with Gasteiger partial charge in [-0.1, -0.05) is 51.1 Å². The van der Waals surface area contributed by atoms with Crippen LogP contribution in [0.3, 0.4) is 0 Å². The van der Waals surface area contributed by atoms with Crippen LogP contribution < -0.4 is 10.6 Å². The van der Waals surface area contributed by atoms with Crippen LogP contribution in [0.25, 0.3) is 0 Å². The zero-order chi connectivity index (χ0) is 26.7. The lowest BCUT2D eigenvalue weighted by Gasteiger charge is -2.41. The van der Waals surface area contributed by atoms with E-state index in [1.807, 2.05) is 39.0 Å². The molecule has 8 nitrogen and oxygen atoms in total. The fraction of sp³-hybridized carbons (Fsp3) is 0.483. The minimum absolute atomic E-state index is 0.105. The van der Waals surface area contributed by atoms with Crippen molar-refractivity contribution in [3.63, 3.8) is 0 Å². The van der Waals surface area contributed by atoms with Gasteiger partial charge in [0.05, 0.1) is 6.04 Å². The van der Waals surface area contributed by atoms with Gasteiger partial charge in [-0.3, -0.25) is 14.4 Å². The molecule has 0 spiro atoms. The molecule has 0 saturated heterocycles. The van der Waals surface area contributed by atoms with Gasteiger partial charge in [0.1, 0.15) is 24.4 Å². The van der Waals surface area contributed by atoms with Gasteiger partial charge in [-0.15, -0.1) is 0 Å². The summed E-state index contributed by atoms with van der Waals surface area (Å²) in [7, 11) is 1.42. The van der Waals surface area contributed by atoms with E-state index in [4.69, 9.17) is 4.74 Å². The van der Waals surface area contributed by atoms with Crippen molar-refractivity contribution < 1.29 is 24.2 Å². The first-order chi connectivity index (χ1) is 17.6. The monoisotopic (exact) mass is 507 g/mol. The molecule has 3 amide bonds. The molecule has 2 aromatic carbocycles. The van der Waals surface area contributed by atoms with Gasteiger partial charge in [0.15, 0.2) is 0 Å². The zero-order valence-electron chi connectivity index (χ0n) is 22.0. The molecule has 198 valence electrons. The van der Waals surface area contributed by atoms with E-state index in [2.05, 4.69) is 22.8 Å². The molecule has 2 unspecified atom stereocenters. The van der Waals surface area contributed by atoms with Crippen molar-refractivity contribution in [2.75, 3.05) is 13.7 Å². The highest BCUT2D eigenvalue weighted by Crippen LogP contribution is 2.32. The Kier molecular flexibility index (Phi) is 7.87. The number of hydrogen-bond acceptors (Lipinski definition) is 5. The topological polar surface area (TPSA) is 108 Å². The van der Waals surface area contributed by atoms with Crippen LogP contribution in [0.1, 0.15) is 61.9 Å². The van der Waals surface area contributed by atoms with Crippen LogP contribution in [0.15, 0.2) is 42.5 Å². The fourth-order valence-corrected chi connectivity index (χ4v) is 5.36. The average Bonchev–Trinajstić information content (AvgIpc) is 2.85. The van der Waals surface area contributed by atoms with Gasteiger partial charge in [0, 0.05) is 20.1 Å². The molecular formula is C29H37N3O5. The van der Waals surface area contributed by atoms with E-state index in [9.17, 15) is 19.5 Å². The Balaban J connectivity index is 1.65. The summed E-state index contributed by atoms with van der Waals surface area (Å²) >= 11 is 0. The zero-order valence-corrected chi connectivity index (χ0v) is 22.0. The van der Waals surface area contributed by atoms with Gasteiger partial charge in [-0.05, 0) is 59.1 Å². The maximum atomic E-state index is 14.0. The smallest absolute Gasteiger partial charge is 0.246 e. The van der Waals surface area contributed by atoms with Gasteiger partial charge in [-0.25, -0.2) is 0 Å². The predicted octanol–water partition coefficient (Wildman–Crippen LogP) is 3.02. The average molecular weight is 508 g/mol. The maximum Gasteiger partial charge on any atom is 0.246 e. The van der Waals surface area contributed by atoms with E-state index >= 15 is 0 Å². The number of phenolic OH excluding ortho intramolecular Hbond substituents is 1. The lowest BCUT2D eigenvalue weighted by atomic mass is 9.84. The van der Waals surface area contributed by atoms with Crippen molar-refractivity contribution in [3.05, 3.63) is 64.7 Å². The molecule has 0 radical (unpaired) electrons. The lowest BCUT2D eigenvalue weighted by Crippen LogP contribution is -2.61. The van der Waals surface area contributed by atoms with Crippen molar-refractivity contribution in [1.29, 1.82) is 0 Å². The molecule has 0 aromatic heterocycles. The van der Waals surface area contributed by atoms with Crippen molar-refractivity contribution in [3.8, 4) is 5.75 Å². The summed E-state index contributed by atoms with van der Waals surface area (Å²) < 4.78 is 4.95. The number of amides is 3. The molecule has 2 aromatic rings. The van der Waals surface area contributed by atoms with Crippen molar-refractivity contribution in [2.24, 2.45) is 5.41 Å². The van der Waals surface area contributed by atoms with Crippen molar-refractivity contribution >= 4 is 17.7 Å². The standard InChI is InChI=1S/C29H37N3O5/c1-29(2,3)26(31-25(34)17-37-4)28(36)32-16-20-14-21(33)13-12-19(20)15-24(32)27(35)30-23-11-7-9-18-8-5-6-10-22(18)23/h5-6,8,10,12-14,23-24,26,33H,7,9,11,15-17H2,1-4H3,(H,30,35)(H,31,34)/t23-,24?,26?/m1/s1. The van der Waals surface area contributed by atoms with Crippen molar-refractivity contribution in [2.45, 2.75) is 71.1 Å². The van der Waals surface area contributed by atoms with Crippen LogP contribution in [0.5, 0.6) is 5.75 Å². The van der Waals surface area contributed by atoms with E-state index in [1.165, 1.54) is 12.7 Å². The molecule has 1 aliphatic carbocycles. The summed E-state index contributed by atoms with van der Waals surface area (Å²) in [6.07, 6.45) is 3.13. The third-order valence-electron chi connectivity index (χ3n) is 7.29. The minimum Gasteiger partial charge on any atom is -0.508 e. The summed E-state index contributed by atoms with van der Waals surface area (Å²) in [5, 5.41) is 16.1. The normalized spacial score (nSPS) is 19.8. The number of methoxy groups -OCH3 is 1. The first kappa shape index (κ1) is 26.7. The van der Waals surface area contributed by atoms with E-state index < -0.39 is 23.4 Å². The molecule has 1 aliphatic heterocycles. The number of nitrogens with zero attached hydrogens (tertiary/aromatic N) is 1. The molecule has 8 heteroatoms. The third-order valence-corrected chi connectivity index (χ3v) is 7.29. The molecular weight excluding hydrogens is 470 g/mol. The van der Waals surface area contributed by atoms with Crippen LogP contribution in [0, 0.1) is 5.41 Å². The predicted molar refractivity (Wildman–Crippen MR) is 140 cm³/mol. The van der Waals surface area contributed by atoms with Gasteiger partial charge in [0.25, 0.3) is 0 Å². The summed E-state index contributed by atoms with van der Waals surface area (Å²) in [6, 6.07) is 11.5. The SMILES string of the molecule is COCC(=O)NC(C(=O)N1Cc2cc(O)ccc2CC1C(=O)N[C@@H]1CCCc2ccccc21)C(C)(C)C. The summed E-state index contributed by atoms with van der Waals surface area (Å²) in [4.78, 5) is 41.8. The van der Waals surface area contributed by atoms with Crippen LogP contribution in [-0.2, 0) is 38.5 Å². The Hall–Kier alpha value is -3.39. The van der Waals surface area contributed by atoms with Gasteiger partial charge < -0.3 is 25.4 Å². The van der Waals surface area contributed by atoms with Gasteiger partial charge in [0.2, 0.25) is 17.7 Å². The van der Waals surface area contributed by atoms with E-state index in [0.29, 0.717) is 6.42 Å². The number of phenols is 1. The van der Waals surface area contributed by atoms with Crippen molar-refractivity contribution in [1.82, 2.24) is 15.5 Å². The van der Waals surface area contributed by atoms with Crippen LogP contribution in [0.4, 0.5) is 0 Å². The van der Waals surface area contributed by atoms with Crippen LogP contribution in [0.2, 0.25) is 0 Å². The highest BCUT2D eigenvalue weighted by Gasteiger charge is 2.42. The number of fused-ring (bicyclic) bond motifs is 2. The number of aryl methyl sites for hydroxylation is 1. The van der Waals surface area contributed by atoms with E-state index in [1.54, 1.807) is 17.0 Å². The van der Waals surface area contributed by atoms with Crippen LogP contribution in [-0.4, -0.2) is 53.5 Å². The number of carbonyl (C=O) groups is 3. The number of rotatable bonds is 6. The Bertz CT molecular complexity index is 1170. The third kappa shape index (κ3) is 5.96. The first-order valence-electron chi connectivity index (χ1n) is 12.9. The Morgan fingerprint density at radius 3 is 2.59 bits per heavy atom. The first-order valence-corrected chi connectivity index (χ1v) is 12.9. The summed E-state index contributed by atoms with van der Waals surface area (Å²) in [5.74, 6) is -0.848. The van der Waals surface area contributed by atoms with Gasteiger partial charge in [-0.2, -0.15) is 0 Å². The molecule has 0 saturated carbocycles. The summed E-state index contributed by atoms with van der Waals surface area (Å²) in [5.41, 5.74) is 3.46. The lowest BCUT2D eigenvalue weighted by molar-refractivity contribution is -0.147. The second-order valence-electron chi connectivity index (χ2n) is 11.1. The Morgan fingerprint density at radius 2 is 1.86 bits per heavy atom. The molecule has 2 aliphatic rings. The molecule has 37 heavy (non-hydrogen) atoms. The highest BCUT2D eigenvalue weighted by molar-refractivity contribution is 5.93. The Morgan fingerprint density at radius 1 is 1.11 bits per heavy atom. The number of ether oxygens (including phenoxy) is 1. The minimum atomic E-state index is -0.861. The molecule has 1 heterocycles. The van der Waals surface area contributed by atoms with Crippen LogP contribution >= 0.6 is 0 Å².